The molecule has 1 aromatic rings. The Morgan fingerprint density at radius 1 is 1.19 bits per heavy atom. The quantitative estimate of drug-likeness (QED) is 0.811. The third-order valence-electron chi connectivity index (χ3n) is 2.16. The molecule has 0 bridgehead atoms. The Balaban J connectivity index is 2.56. The molecular formula is C11H15F3N2. The Kier molecular flexibility index (Phi) is 5.28. The number of benzene rings is 1. The summed E-state index contributed by atoms with van der Waals surface area (Å²) in [6.45, 7) is 0.784. The molecule has 0 aliphatic rings. The summed E-state index contributed by atoms with van der Waals surface area (Å²) in [6.07, 6.45) is -2.38. The highest BCUT2D eigenvalue weighted by Gasteiger charge is 2.11. The molecule has 0 aliphatic carbocycles. The van der Waals surface area contributed by atoms with Crippen molar-refractivity contribution in [1.82, 2.24) is 4.90 Å². The van der Waals surface area contributed by atoms with Crippen molar-refractivity contribution >= 4 is 0 Å². The Labute approximate surface area is 92.9 Å². The molecule has 0 saturated carbocycles. The molecule has 0 atom stereocenters. The summed E-state index contributed by atoms with van der Waals surface area (Å²) in [5, 5.41) is 0. The normalized spacial score (nSPS) is 11.4. The summed E-state index contributed by atoms with van der Waals surface area (Å²) in [6, 6.07) is 5.81. The van der Waals surface area contributed by atoms with Crippen LogP contribution >= 0.6 is 0 Å². The summed E-state index contributed by atoms with van der Waals surface area (Å²) in [5.41, 5.74) is 6.14. The molecular weight excluding hydrogens is 217 g/mol. The van der Waals surface area contributed by atoms with Gasteiger partial charge in [0.15, 0.2) is 0 Å². The topological polar surface area (TPSA) is 29.3 Å². The van der Waals surface area contributed by atoms with Gasteiger partial charge in [0, 0.05) is 19.6 Å². The van der Waals surface area contributed by atoms with E-state index in [2.05, 4.69) is 0 Å². The van der Waals surface area contributed by atoms with Crippen LogP contribution in [0, 0.1) is 5.82 Å². The third-order valence-corrected chi connectivity index (χ3v) is 2.16. The Bertz CT molecular complexity index is 301. The van der Waals surface area contributed by atoms with E-state index in [0.717, 1.165) is 5.56 Å². The molecule has 1 rings (SSSR count). The van der Waals surface area contributed by atoms with Crippen molar-refractivity contribution in [1.29, 1.82) is 0 Å². The first-order valence-corrected chi connectivity index (χ1v) is 5.07. The predicted octanol–water partition coefficient (Wildman–Crippen LogP) is 1.85. The molecule has 0 spiro atoms. The second kappa shape index (κ2) is 6.50. The van der Waals surface area contributed by atoms with Crippen molar-refractivity contribution < 1.29 is 13.2 Å². The van der Waals surface area contributed by atoms with Gasteiger partial charge in [-0.3, -0.25) is 4.90 Å². The molecule has 16 heavy (non-hydrogen) atoms. The number of hydrogen-bond donors (Lipinski definition) is 1. The molecule has 0 aromatic heterocycles. The molecule has 0 radical (unpaired) electrons. The smallest absolute Gasteiger partial charge is 0.251 e. The molecule has 0 amide bonds. The number of alkyl halides is 2. The van der Waals surface area contributed by atoms with Gasteiger partial charge in [-0.25, -0.2) is 13.2 Å². The van der Waals surface area contributed by atoms with Crippen LogP contribution in [-0.2, 0) is 6.54 Å². The fraction of sp³-hybridized carbons (Fsp3) is 0.455. The molecule has 90 valence electrons. The van der Waals surface area contributed by atoms with E-state index in [1.54, 1.807) is 17.0 Å². The van der Waals surface area contributed by atoms with Crippen LogP contribution in [0.2, 0.25) is 0 Å². The summed E-state index contributed by atoms with van der Waals surface area (Å²) in [5.74, 6) is -0.331. The zero-order chi connectivity index (χ0) is 12.0. The van der Waals surface area contributed by atoms with E-state index in [1.807, 2.05) is 0 Å². The second-order valence-electron chi connectivity index (χ2n) is 3.54. The Hall–Kier alpha value is -1.07. The Morgan fingerprint density at radius 3 is 2.31 bits per heavy atom. The average Bonchev–Trinajstić information content (AvgIpc) is 2.21. The van der Waals surface area contributed by atoms with Crippen molar-refractivity contribution in [2.75, 3.05) is 19.6 Å². The molecule has 1 aromatic carbocycles. The maximum Gasteiger partial charge on any atom is 0.251 e. The minimum Gasteiger partial charge on any atom is -0.329 e. The highest BCUT2D eigenvalue weighted by Crippen LogP contribution is 2.08. The lowest BCUT2D eigenvalue weighted by Gasteiger charge is -2.20. The molecule has 0 aliphatic heterocycles. The van der Waals surface area contributed by atoms with Crippen molar-refractivity contribution in [2.45, 2.75) is 13.0 Å². The first kappa shape index (κ1) is 13.0. The number of halogens is 3. The molecule has 5 heteroatoms. The Morgan fingerprint density at radius 2 is 1.81 bits per heavy atom. The lowest BCUT2D eigenvalue weighted by atomic mass is 10.2. The van der Waals surface area contributed by atoms with Crippen LogP contribution in [0.1, 0.15) is 5.56 Å². The van der Waals surface area contributed by atoms with Crippen LogP contribution in [-0.4, -0.2) is 31.0 Å². The average molecular weight is 232 g/mol. The maximum absolute atomic E-state index is 12.6. The van der Waals surface area contributed by atoms with Crippen LogP contribution in [0.5, 0.6) is 0 Å². The molecule has 0 saturated heterocycles. The zero-order valence-corrected chi connectivity index (χ0v) is 8.87. The first-order chi connectivity index (χ1) is 7.61. The van der Waals surface area contributed by atoms with Gasteiger partial charge in [-0.1, -0.05) is 12.1 Å². The second-order valence-corrected chi connectivity index (χ2v) is 3.54. The van der Waals surface area contributed by atoms with Crippen molar-refractivity contribution in [3.8, 4) is 0 Å². The van der Waals surface area contributed by atoms with Gasteiger partial charge in [-0.05, 0) is 17.7 Å². The minimum atomic E-state index is -2.38. The molecule has 0 heterocycles. The van der Waals surface area contributed by atoms with E-state index in [1.165, 1.54) is 12.1 Å². The highest BCUT2D eigenvalue weighted by molar-refractivity contribution is 5.15. The molecule has 0 unspecified atom stereocenters. The monoisotopic (exact) mass is 232 g/mol. The van der Waals surface area contributed by atoms with E-state index in [0.29, 0.717) is 19.6 Å². The van der Waals surface area contributed by atoms with E-state index >= 15 is 0 Å². The van der Waals surface area contributed by atoms with Gasteiger partial charge < -0.3 is 5.73 Å². The number of nitrogens with zero attached hydrogens (tertiary/aromatic N) is 1. The van der Waals surface area contributed by atoms with Crippen molar-refractivity contribution in [3.05, 3.63) is 35.6 Å². The molecule has 0 fully saturated rings. The summed E-state index contributed by atoms with van der Waals surface area (Å²) in [7, 11) is 0. The van der Waals surface area contributed by atoms with Crippen molar-refractivity contribution in [2.24, 2.45) is 5.73 Å². The molecule has 2 nitrogen and oxygen atoms in total. The summed E-state index contributed by atoms with van der Waals surface area (Å²) < 4.78 is 37.1. The largest absolute Gasteiger partial charge is 0.329 e. The van der Waals surface area contributed by atoms with Gasteiger partial charge in [-0.2, -0.15) is 0 Å². The van der Waals surface area contributed by atoms with Crippen LogP contribution in [0.3, 0.4) is 0 Å². The highest BCUT2D eigenvalue weighted by atomic mass is 19.3. The predicted molar refractivity (Wildman–Crippen MR) is 56.7 cm³/mol. The fourth-order valence-corrected chi connectivity index (χ4v) is 1.46. The van der Waals surface area contributed by atoms with E-state index in [9.17, 15) is 13.2 Å². The summed E-state index contributed by atoms with van der Waals surface area (Å²) >= 11 is 0. The number of rotatable bonds is 6. The lowest BCUT2D eigenvalue weighted by molar-refractivity contribution is 0.0862. The fourth-order valence-electron chi connectivity index (χ4n) is 1.46. The van der Waals surface area contributed by atoms with E-state index < -0.39 is 6.43 Å². The van der Waals surface area contributed by atoms with E-state index in [4.69, 9.17) is 5.73 Å². The zero-order valence-electron chi connectivity index (χ0n) is 8.87. The van der Waals surface area contributed by atoms with Crippen LogP contribution in [0.4, 0.5) is 13.2 Å². The van der Waals surface area contributed by atoms with Crippen molar-refractivity contribution in [3.63, 3.8) is 0 Å². The van der Waals surface area contributed by atoms with Gasteiger partial charge >= 0.3 is 0 Å². The number of nitrogens with two attached hydrogens (primary N) is 1. The van der Waals surface area contributed by atoms with E-state index in [-0.39, 0.29) is 12.4 Å². The minimum absolute atomic E-state index is 0.311. The van der Waals surface area contributed by atoms with Gasteiger partial charge in [-0.15, -0.1) is 0 Å². The lowest BCUT2D eigenvalue weighted by Crippen LogP contribution is -2.33. The van der Waals surface area contributed by atoms with Crippen LogP contribution in [0.15, 0.2) is 24.3 Å². The maximum atomic E-state index is 12.6. The molecule has 2 N–H and O–H groups in total. The number of hydrogen-bond acceptors (Lipinski definition) is 2. The third kappa shape index (κ3) is 4.63. The van der Waals surface area contributed by atoms with Gasteiger partial charge in [0.05, 0.1) is 6.54 Å². The first-order valence-electron chi connectivity index (χ1n) is 5.07. The van der Waals surface area contributed by atoms with Gasteiger partial charge in [0.2, 0.25) is 0 Å². The van der Waals surface area contributed by atoms with Crippen LogP contribution < -0.4 is 5.73 Å². The SMILES string of the molecule is NCCN(Cc1ccc(F)cc1)CC(F)F. The van der Waals surface area contributed by atoms with Gasteiger partial charge in [0.25, 0.3) is 6.43 Å². The standard InChI is InChI=1S/C11H15F3N2/c12-10-3-1-9(2-4-10)7-16(6-5-15)8-11(13)14/h1-4,11H,5-8,15H2. The van der Waals surface area contributed by atoms with Crippen LogP contribution in [0.25, 0.3) is 0 Å². The summed E-state index contributed by atoms with van der Waals surface area (Å²) in [4.78, 5) is 1.55. The van der Waals surface area contributed by atoms with Gasteiger partial charge in [0.1, 0.15) is 5.82 Å².